The van der Waals surface area contributed by atoms with Crippen LogP contribution in [-0.4, -0.2) is 155 Å². The van der Waals surface area contributed by atoms with Crippen LogP contribution in [0, 0.1) is 28.6 Å². The van der Waals surface area contributed by atoms with Gasteiger partial charge in [-0.3, -0.25) is 0 Å². The number of hydrogen-bond donors (Lipinski definition) is 4. The van der Waals surface area contributed by atoms with Crippen molar-refractivity contribution in [2.45, 2.75) is 11.8 Å². The maximum Gasteiger partial charge on any atom is 2.00 e. The van der Waals surface area contributed by atoms with E-state index in [9.17, 15) is 8.42 Å². The van der Waals surface area contributed by atoms with Crippen LogP contribution in [0.3, 0.4) is 0 Å². The van der Waals surface area contributed by atoms with Crippen molar-refractivity contribution < 1.29 is 35.7 Å². The van der Waals surface area contributed by atoms with E-state index in [1.165, 1.54) is 26.2 Å². The molecule has 43 heavy (non-hydrogen) atoms. The van der Waals surface area contributed by atoms with E-state index in [0.29, 0.717) is 42.0 Å². The number of rotatable bonds is 6. The molecule has 0 radical (unpaired) electrons. The number of sulfonamides is 1. The number of nitrogens with zero attached hydrogens (tertiary/aromatic N) is 1. The van der Waals surface area contributed by atoms with Crippen LogP contribution >= 0.6 is 47.8 Å². The molecule has 0 amide bonds. The van der Waals surface area contributed by atoms with Crippen molar-refractivity contribution in [3.05, 3.63) is 29.8 Å². The van der Waals surface area contributed by atoms with Gasteiger partial charge in [0.1, 0.15) is 0 Å². The number of aliphatic hydroxyl groups is 2. The zero-order valence-electron chi connectivity index (χ0n) is 27.3. The van der Waals surface area contributed by atoms with Gasteiger partial charge in [0.15, 0.2) is 0 Å². The smallest absolute Gasteiger partial charge is 1.00 e. The monoisotopic (exact) mass is 831 g/mol. The summed E-state index contributed by atoms with van der Waals surface area (Å²) in [6.45, 7) is 13.5. The number of ether oxygens (including phenoxy) is 3. The van der Waals surface area contributed by atoms with Gasteiger partial charge in [0, 0.05) is 84.0 Å². The van der Waals surface area contributed by atoms with E-state index in [1.54, 1.807) is 16.4 Å². The number of hydrogen-bond acceptors (Lipinski definition) is 9. The molecule has 246 valence electrons. The van der Waals surface area contributed by atoms with Crippen molar-refractivity contribution in [1.29, 1.82) is 0 Å². The molecule has 6 fully saturated rings. The quantitative estimate of drug-likeness (QED) is 0.251. The van der Waals surface area contributed by atoms with Crippen LogP contribution in [-0.2, 0) is 24.2 Å². The number of alkyl halides is 3. The van der Waals surface area contributed by atoms with E-state index in [0.717, 1.165) is 55.1 Å². The predicted molar refractivity (Wildman–Crippen MR) is 182 cm³/mol. The van der Waals surface area contributed by atoms with Crippen LogP contribution in [0.1, 0.15) is 8.42 Å². The van der Waals surface area contributed by atoms with E-state index >= 15 is 0 Å². The Bertz CT molecular complexity index is 995. The van der Waals surface area contributed by atoms with E-state index in [1.807, 2.05) is 19.1 Å². The Balaban J connectivity index is 0.000000592. The third-order valence-corrected chi connectivity index (χ3v) is 13.7. The molecule has 6 aliphatic heterocycles. The third kappa shape index (κ3) is 10.0. The molecule has 1 aromatic carbocycles. The summed E-state index contributed by atoms with van der Waals surface area (Å²) in [7, 11) is -2.29. The number of nitrogens with one attached hydrogen (secondary N) is 2. The van der Waals surface area contributed by atoms with Gasteiger partial charge in [0.05, 0.1) is 51.1 Å². The average Bonchev–Trinajstić information content (AvgIpc) is 2.83. The Morgan fingerprint density at radius 2 is 1.19 bits per heavy atom. The molecule has 6 saturated heterocycles. The number of aliphatic hydroxyl groups excluding tert-OH is 2. The Labute approximate surface area is 301 Å². The molecule has 0 atom stereocenters. The fraction of sp³-hybridized carbons (Fsp3) is 0.786. The summed E-state index contributed by atoms with van der Waals surface area (Å²) in [5, 5.41) is 24.8. The van der Waals surface area contributed by atoms with E-state index in [-0.39, 0.29) is 43.3 Å². The molecule has 10 nitrogen and oxygen atoms in total. The van der Waals surface area contributed by atoms with Crippen molar-refractivity contribution in [3.8, 4) is 0 Å². The second-order valence-corrected chi connectivity index (χ2v) is 16.0. The molecule has 0 saturated carbocycles. The van der Waals surface area contributed by atoms with Gasteiger partial charge in [-0.1, -0.05) is 65.5 Å². The summed E-state index contributed by atoms with van der Waals surface area (Å²) in [5.74, 6) is 0. The van der Waals surface area contributed by atoms with Gasteiger partial charge < -0.3 is 37.9 Å². The molecule has 0 unspecified atom stereocenters. The molecule has 0 aromatic heterocycles. The molecule has 3 spiro atoms. The van der Waals surface area contributed by atoms with Crippen molar-refractivity contribution in [2.24, 2.45) is 21.7 Å². The number of aryl methyl sites for hydroxylation is 1. The first-order valence-electron chi connectivity index (χ1n) is 14.0. The van der Waals surface area contributed by atoms with Crippen molar-refractivity contribution >= 4 is 80.9 Å². The number of benzene rings is 1. The molecular weight excluding hydrogens is 786 g/mol. The standard InChI is InChI=1S/C12H15NO3S.C5H9Br3O.2C5H9NO.CH4O.Mg.2H/c1-10-2-4-11(5-3-10)17(14,15)13-6-12(7-13)8-16-9-12;6-1-5(2-7,3-8)4-9;2*1-5(2-6-1)3-7-4-5;1-2;;;/h2-5H,6-9H2,1H3;9H,1-4H2;2*6H,1-4H2;2H,1H3;;;/q;;;;;+2;2*-1. The Hall–Kier alpha value is 1.06. The fourth-order valence-corrected chi connectivity index (χ4v) is 9.67. The average molecular weight is 835 g/mol. The first-order valence-corrected chi connectivity index (χ1v) is 18.8. The first kappa shape index (κ1) is 40.2. The minimum absolute atomic E-state index is 0. The van der Waals surface area contributed by atoms with Gasteiger partial charge in [-0.05, 0) is 19.1 Å². The van der Waals surface area contributed by atoms with Crippen molar-refractivity contribution in [1.82, 2.24) is 14.9 Å². The van der Waals surface area contributed by atoms with Crippen LogP contribution in [0.5, 0.6) is 0 Å². The molecule has 6 heterocycles. The maximum absolute atomic E-state index is 12.2. The normalized spacial score (nSPS) is 23.0. The van der Waals surface area contributed by atoms with Crippen LogP contribution in [0.25, 0.3) is 0 Å². The van der Waals surface area contributed by atoms with Gasteiger partial charge in [-0.25, -0.2) is 8.42 Å². The second-order valence-electron chi connectivity index (χ2n) is 12.3. The molecule has 7 rings (SSSR count). The minimum Gasteiger partial charge on any atom is -1.00 e. The van der Waals surface area contributed by atoms with E-state index in [4.69, 9.17) is 24.4 Å². The minimum atomic E-state index is -3.29. The van der Waals surface area contributed by atoms with Gasteiger partial charge in [0.2, 0.25) is 10.0 Å². The third-order valence-electron chi connectivity index (χ3n) is 8.32. The van der Waals surface area contributed by atoms with E-state index < -0.39 is 10.0 Å². The molecule has 0 bridgehead atoms. The van der Waals surface area contributed by atoms with E-state index in [2.05, 4.69) is 58.4 Å². The van der Waals surface area contributed by atoms with Crippen molar-refractivity contribution in [3.63, 3.8) is 0 Å². The summed E-state index contributed by atoms with van der Waals surface area (Å²) in [5.41, 5.74) is 2.38. The van der Waals surface area contributed by atoms with Crippen LogP contribution in [0.4, 0.5) is 0 Å². The zero-order chi connectivity index (χ0) is 30.9. The summed E-state index contributed by atoms with van der Waals surface area (Å²) >= 11 is 10.0. The van der Waals surface area contributed by atoms with Crippen LogP contribution in [0.15, 0.2) is 29.2 Å². The molecule has 6 aliphatic rings. The topological polar surface area (TPSA) is 130 Å². The largest absolute Gasteiger partial charge is 2.00 e. The molecule has 15 heteroatoms. The summed E-state index contributed by atoms with van der Waals surface area (Å²) in [6.07, 6.45) is 0. The molecule has 4 N–H and O–H groups in total. The van der Waals surface area contributed by atoms with Gasteiger partial charge >= 0.3 is 23.1 Å². The fourth-order valence-electron chi connectivity index (χ4n) is 4.69. The Morgan fingerprint density at radius 3 is 1.37 bits per heavy atom. The summed E-state index contributed by atoms with van der Waals surface area (Å²) in [4.78, 5) is 0.387. The van der Waals surface area contributed by atoms with Crippen molar-refractivity contribution in [2.75, 3.05) is 109 Å². The molecule has 0 aliphatic carbocycles. The summed E-state index contributed by atoms with van der Waals surface area (Å²) < 4.78 is 41.2. The molecule has 1 aromatic rings. The van der Waals surface area contributed by atoms with Gasteiger partial charge in [0.25, 0.3) is 0 Å². The Morgan fingerprint density at radius 1 is 0.814 bits per heavy atom. The second kappa shape index (κ2) is 18.0. The first-order chi connectivity index (χ1) is 20.1. The molecular formula is C28H48Br3MgN3O7S. The van der Waals surface area contributed by atoms with Gasteiger partial charge in [-0.15, -0.1) is 0 Å². The predicted octanol–water partition coefficient (Wildman–Crippen LogP) is 1.83. The van der Waals surface area contributed by atoms with Gasteiger partial charge in [-0.2, -0.15) is 4.31 Å². The summed E-state index contributed by atoms with van der Waals surface area (Å²) in [6, 6.07) is 7.00. The maximum atomic E-state index is 12.2. The SMILES string of the molecule is C1NCC12COC2.C1NCC12COC2.CO.Cc1ccc(S(=O)(=O)N2CC3(COC3)C2)cc1.OCC(CBr)(CBr)CBr.[H-].[H-].[Mg+2]. The van der Waals surface area contributed by atoms with Crippen LogP contribution in [0.2, 0.25) is 0 Å². The van der Waals surface area contributed by atoms with Crippen LogP contribution < -0.4 is 10.6 Å². The zero-order valence-corrected chi connectivity index (χ0v) is 32.2. The number of halogens is 3. The Kier molecular flexibility index (Phi) is 16.8.